The summed E-state index contributed by atoms with van der Waals surface area (Å²) in [4.78, 5) is 16.8. The zero-order valence-electron chi connectivity index (χ0n) is 14.4. The maximum absolute atomic E-state index is 12.3. The van der Waals surface area contributed by atoms with Crippen LogP contribution in [0.25, 0.3) is 11.1 Å². The van der Waals surface area contributed by atoms with Crippen LogP contribution in [0.1, 0.15) is 44.2 Å². The number of oxazole rings is 1. The van der Waals surface area contributed by atoms with Crippen molar-refractivity contribution in [2.75, 3.05) is 11.9 Å². The molecule has 5 heteroatoms. The molecule has 0 bridgehead atoms. The number of fused-ring (bicyclic) bond motifs is 2. The third-order valence-electron chi connectivity index (χ3n) is 4.19. The topological polar surface area (TPSA) is 64.4 Å². The van der Waals surface area contributed by atoms with E-state index < -0.39 is 5.60 Å². The van der Waals surface area contributed by atoms with Crippen LogP contribution >= 0.6 is 0 Å². The number of aromatic nitrogens is 1. The number of nitrogens with zero attached hydrogens (tertiary/aromatic N) is 1. The molecule has 0 saturated heterocycles. The number of ether oxygens (including phenoxy) is 1. The molecule has 2 aromatic rings. The van der Waals surface area contributed by atoms with Crippen molar-refractivity contribution < 1.29 is 13.9 Å². The van der Waals surface area contributed by atoms with Crippen molar-refractivity contribution in [1.82, 2.24) is 4.98 Å². The van der Waals surface area contributed by atoms with Crippen LogP contribution in [0.15, 0.2) is 10.5 Å². The van der Waals surface area contributed by atoms with Crippen LogP contribution in [-0.2, 0) is 16.0 Å². The van der Waals surface area contributed by atoms with Crippen LogP contribution in [0.2, 0.25) is 0 Å². The van der Waals surface area contributed by atoms with Crippen LogP contribution in [0, 0.1) is 19.8 Å². The normalized spacial score (nSPS) is 18.2. The third-order valence-corrected chi connectivity index (χ3v) is 4.19. The van der Waals surface area contributed by atoms with E-state index in [1.807, 2.05) is 33.8 Å². The Kier molecular flexibility index (Phi) is 3.82. The van der Waals surface area contributed by atoms with Gasteiger partial charge in [-0.2, -0.15) is 0 Å². The van der Waals surface area contributed by atoms with Crippen LogP contribution < -0.4 is 5.32 Å². The molecule has 1 unspecified atom stereocenters. The average molecular weight is 316 g/mol. The van der Waals surface area contributed by atoms with Gasteiger partial charge in [0.2, 0.25) is 0 Å². The maximum Gasteiger partial charge on any atom is 0.311 e. The lowest BCUT2D eigenvalue weighted by Crippen LogP contribution is -2.31. The fourth-order valence-electron chi connectivity index (χ4n) is 3.09. The van der Waals surface area contributed by atoms with Crippen LogP contribution in [0.3, 0.4) is 0 Å². The summed E-state index contributed by atoms with van der Waals surface area (Å²) in [6, 6.07) is 2.00. The van der Waals surface area contributed by atoms with E-state index in [-0.39, 0.29) is 11.9 Å². The highest BCUT2D eigenvalue weighted by Crippen LogP contribution is 2.33. The van der Waals surface area contributed by atoms with Crippen LogP contribution in [-0.4, -0.2) is 23.1 Å². The molecule has 1 N–H and O–H groups in total. The molecule has 1 aliphatic heterocycles. The molecule has 23 heavy (non-hydrogen) atoms. The molecule has 0 amide bonds. The molecule has 1 aromatic carbocycles. The molecule has 0 aliphatic carbocycles. The minimum Gasteiger partial charge on any atom is -0.460 e. The fraction of sp³-hybridized carbons (Fsp3) is 0.556. The molecule has 1 atom stereocenters. The molecule has 0 fully saturated rings. The molecule has 3 rings (SSSR count). The third kappa shape index (κ3) is 3.19. The summed E-state index contributed by atoms with van der Waals surface area (Å²) < 4.78 is 11.2. The van der Waals surface area contributed by atoms with Gasteiger partial charge in [-0.1, -0.05) is 0 Å². The van der Waals surface area contributed by atoms with Gasteiger partial charge in [-0.25, -0.2) is 4.98 Å². The van der Waals surface area contributed by atoms with Crippen LogP contribution in [0.5, 0.6) is 0 Å². The molecule has 1 aromatic heterocycles. The van der Waals surface area contributed by atoms with Gasteiger partial charge in [0.05, 0.1) is 5.92 Å². The maximum atomic E-state index is 12.3. The van der Waals surface area contributed by atoms with Crippen molar-refractivity contribution in [2.24, 2.45) is 5.92 Å². The zero-order valence-corrected chi connectivity index (χ0v) is 14.4. The summed E-state index contributed by atoms with van der Waals surface area (Å²) in [5, 5.41) is 3.40. The molecule has 5 nitrogen and oxygen atoms in total. The second-order valence-electron chi connectivity index (χ2n) is 7.26. The highest BCUT2D eigenvalue weighted by molar-refractivity contribution is 5.84. The summed E-state index contributed by atoms with van der Waals surface area (Å²) in [5.74, 6) is 0.407. The first kappa shape index (κ1) is 15.8. The minimum absolute atomic E-state index is 0.131. The fourth-order valence-corrected chi connectivity index (χ4v) is 3.09. The Balaban J connectivity index is 1.86. The van der Waals surface area contributed by atoms with E-state index in [0.717, 1.165) is 35.2 Å². The Bertz CT molecular complexity index is 756. The Morgan fingerprint density at radius 3 is 2.83 bits per heavy atom. The number of nitrogens with one attached hydrogen (secondary N) is 1. The Hall–Kier alpha value is -2.04. The molecule has 0 spiro atoms. The molecule has 0 saturated carbocycles. The van der Waals surface area contributed by atoms with Crippen molar-refractivity contribution in [2.45, 2.75) is 53.1 Å². The largest absolute Gasteiger partial charge is 0.460 e. The Morgan fingerprint density at radius 1 is 1.39 bits per heavy atom. The second-order valence-corrected chi connectivity index (χ2v) is 7.26. The van der Waals surface area contributed by atoms with Gasteiger partial charge in [-0.05, 0) is 51.7 Å². The summed E-state index contributed by atoms with van der Waals surface area (Å²) in [6.45, 7) is 10.2. The molecule has 124 valence electrons. The molecular formula is C18H24N2O3. The second kappa shape index (κ2) is 5.55. The van der Waals surface area contributed by atoms with Crippen molar-refractivity contribution >= 4 is 22.8 Å². The number of benzene rings is 1. The first-order valence-corrected chi connectivity index (χ1v) is 8.11. The molecule has 1 aliphatic rings. The SMILES string of the molecule is Cc1nc2c(C)c3c(cc2o1)NCC(C(=O)OC(C)(C)C)CC3. The number of hydrogen-bond acceptors (Lipinski definition) is 5. The molecule has 0 radical (unpaired) electrons. The van der Waals surface area contributed by atoms with E-state index >= 15 is 0 Å². The first-order valence-electron chi connectivity index (χ1n) is 8.11. The number of aryl methyl sites for hydroxylation is 2. The van der Waals surface area contributed by atoms with Gasteiger partial charge in [-0.15, -0.1) is 0 Å². The lowest BCUT2D eigenvalue weighted by Gasteiger charge is -2.23. The van der Waals surface area contributed by atoms with Crippen molar-refractivity contribution in [3.63, 3.8) is 0 Å². The Morgan fingerprint density at radius 2 is 2.13 bits per heavy atom. The Labute approximate surface area is 136 Å². The van der Waals surface area contributed by atoms with Gasteiger partial charge in [0, 0.05) is 25.2 Å². The number of esters is 1. The minimum atomic E-state index is -0.451. The number of carbonyl (C=O) groups excluding carboxylic acids is 1. The lowest BCUT2D eigenvalue weighted by molar-refractivity contribution is -0.159. The highest BCUT2D eigenvalue weighted by atomic mass is 16.6. The van der Waals surface area contributed by atoms with E-state index in [9.17, 15) is 4.79 Å². The summed E-state index contributed by atoms with van der Waals surface area (Å²) in [5.41, 5.74) is 4.65. The van der Waals surface area contributed by atoms with E-state index in [1.165, 1.54) is 5.56 Å². The van der Waals surface area contributed by atoms with Crippen molar-refractivity contribution in [3.8, 4) is 0 Å². The van der Waals surface area contributed by atoms with Gasteiger partial charge in [0.15, 0.2) is 11.5 Å². The highest BCUT2D eigenvalue weighted by Gasteiger charge is 2.28. The van der Waals surface area contributed by atoms with E-state index in [0.29, 0.717) is 12.4 Å². The quantitative estimate of drug-likeness (QED) is 0.812. The average Bonchev–Trinajstić information content (AvgIpc) is 2.66. The number of anilines is 1. The van der Waals surface area contributed by atoms with Crippen LogP contribution in [0.4, 0.5) is 5.69 Å². The van der Waals surface area contributed by atoms with Crippen molar-refractivity contribution in [3.05, 3.63) is 23.1 Å². The van der Waals surface area contributed by atoms with E-state index in [1.54, 1.807) is 0 Å². The standard InChI is InChI=1S/C18H24N2O3/c1-10-13-7-6-12(17(21)23-18(3,4)5)9-19-14(13)8-15-16(10)20-11(2)22-15/h8,12,19H,6-7,9H2,1-5H3. The number of carbonyl (C=O) groups is 1. The van der Waals surface area contributed by atoms with E-state index in [2.05, 4.69) is 17.2 Å². The molecular weight excluding hydrogens is 292 g/mol. The smallest absolute Gasteiger partial charge is 0.311 e. The lowest BCUT2D eigenvalue weighted by atomic mass is 9.97. The number of hydrogen-bond donors (Lipinski definition) is 1. The first-order chi connectivity index (χ1) is 10.7. The van der Waals surface area contributed by atoms with Gasteiger partial charge in [-0.3, -0.25) is 4.79 Å². The van der Waals surface area contributed by atoms with Gasteiger partial charge < -0.3 is 14.5 Å². The van der Waals surface area contributed by atoms with Gasteiger partial charge >= 0.3 is 5.97 Å². The van der Waals surface area contributed by atoms with E-state index in [4.69, 9.17) is 9.15 Å². The molecule has 2 heterocycles. The zero-order chi connectivity index (χ0) is 16.8. The predicted octanol–water partition coefficient (Wildman–Crippen LogP) is 3.76. The van der Waals surface area contributed by atoms with Gasteiger partial charge in [0.25, 0.3) is 0 Å². The number of rotatable bonds is 1. The summed E-state index contributed by atoms with van der Waals surface area (Å²) in [7, 11) is 0. The predicted molar refractivity (Wildman–Crippen MR) is 89.6 cm³/mol. The summed E-state index contributed by atoms with van der Waals surface area (Å²) >= 11 is 0. The van der Waals surface area contributed by atoms with Crippen molar-refractivity contribution in [1.29, 1.82) is 0 Å². The monoisotopic (exact) mass is 316 g/mol. The van der Waals surface area contributed by atoms with Gasteiger partial charge in [0.1, 0.15) is 11.1 Å². The summed E-state index contributed by atoms with van der Waals surface area (Å²) in [6.07, 6.45) is 1.61.